The van der Waals surface area contributed by atoms with Crippen molar-refractivity contribution in [2.75, 3.05) is 10.6 Å². The number of hydrogen-bond donors (Lipinski definition) is 2. The number of hydrogen-bond acceptors (Lipinski definition) is 4. The summed E-state index contributed by atoms with van der Waals surface area (Å²) in [6.45, 7) is 4.06. The lowest BCUT2D eigenvalue weighted by molar-refractivity contribution is 0.102. The van der Waals surface area contributed by atoms with Crippen LogP contribution in [0.3, 0.4) is 0 Å². The first-order valence-corrected chi connectivity index (χ1v) is 8.12. The second-order valence-electron chi connectivity index (χ2n) is 5.72. The highest BCUT2D eigenvalue weighted by molar-refractivity contribution is 6.33. The number of anilines is 3. The number of nitrogens with one attached hydrogen (secondary N) is 2. The van der Waals surface area contributed by atoms with E-state index >= 15 is 0 Å². The third-order valence-corrected chi connectivity index (χ3v) is 3.85. The normalized spacial score (nSPS) is 10.4. The minimum Gasteiger partial charge on any atom is -0.340 e. The number of rotatable bonds is 4. The Hall–Kier alpha value is -2.92. The van der Waals surface area contributed by atoms with Gasteiger partial charge in [-0.05, 0) is 49.2 Å². The summed E-state index contributed by atoms with van der Waals surface area (Å²) in [4.78, 5) is 20.6. The van der Waals surface area contributed by atoms with Gasteiger partial charge in [-0.2, -0.15) is 0 Å². The smallest absolute Gasteiger partial charge is 0.274 e. The molecule has 0 saturated heterocycles. The van der Waals surface area contributed by atoms with E-state index in [4.69, 9.17) is 11.6 Å². The molecule has 6 heteroatoms. The van der Waals surface area contributed by atoms with Crippen LogP contribution in [-0.4, -0.2) is 15.9 Å². The molecule has 0 spiro atoms. The van der Waals surface area contributed by atoms with Crippen molar-refractivity contribution in [1.29, 1.82) is 0 Å². The van der Waals surface area contributed by atoms with Crippen LogP contribution in [0.1, 0.15) is 21.6 Å². The number of aromatic nitrogens is 2. The van der Waals surface area contributed by atoms with E-state index in [9.17, 15) is 4.79 Å². The second-order valence-corrected chi connectivity index (χ2v) is 6.13. The third-order valence-electron chi connectivity index (χ3n) is 3.52. The van der Waals surface area contributed by atoms with Gasteiger partial charge in [-0.1, -0.05) is 29.8 Å². The summed E-state index contributed by atoms with van der Waals surface area (Å²) in [5, 5.41) is 6.42. The van der Waals surface area contributed by atoms with Gasteiger partial charge in [0, 0.05) is 11.8 Å². The zero-order valence-corrected chi connectivity index (χ0v) is 14.6. The van der Waals surface area contributed by atoms with Crippen LogP contribution < -0.4 is 10.6 Å². The fourth-order valence-corrected chi connectivity index (χ4v) is 2.68. The Morgan fingerprint density at radius 2 is 1.72 bits per heavy atom. The zero-order chi connectivity index (χ0) is 17.8. The van der Waals surface area contributed by atoms with Gasteiger partial charge in [0.05, 0.1) is 10.7 Å². The van der Waals surface area contributed by atoms with Crippen molar-refractivity contribution in [3.05, 3.63) is 76.7 Å². The molecular weight excluding hydrogens is 336 g/mol. The summed E-state index contributed by atoms with van der Waals surface area (Å²) in [6.07, 6.45) is 1.35. The largest absolute Gasteiger partial charge is 0.340 e. The van der Waals surface area contributed by atoms with E-state index in [0.29, 0.717) is 16.5 Å². The van der Waals surface area contributed by atoms with Gasteiger partial charge in [0.2, 0.25) is 0 Å². The molecule has 0 aliphatic heterocycles. The summed E-state index contributed by atoms with van der Waals surface area (Å²) >= 11 is 6.06. The van der Waals surface area contributed by atoms with Crippen molar-refractivity contribution in [3.63, 3.8) is 0 Å². The van der Waals surface area contributed by atoms with Gasteiger partial charge in [-0.3, -0.25) is 4.79 Å². The van der Waals surface area contributed by atoms with Crippen molar-refractivity contribution >= 4 is 34.7 Å². The average Bonchev–Trinajstić information content (AvgIpc) is 2.56. The highest BCUT2D eigenvalue weighted by atomic mass is 35.5. The number of aryl methyl sites for hydroxylation is 2. The molecule has 5 nitrogen and oxygen atoms in total. The number of carbonyl (C=O) groups is 1. The topological polar surface area (TPSA) is 66.9 Å². The van der Waals surface area contributed by atoms with Gasteiger partial charge in [-0.25, -0.2) is 9.97 Å². The quantitative estimate of drug-likeness (QED) is 0.711. The Labute approximate surface area is 151 Å². The van der Waals surface area contributed by atoms with E-state index in [1.54, 1.807) is 30.3 Å². The fourth-order valence-electron chi connectivity index (χ4n) is 2.49. The van der Waals surface area contributed by atoms with Crippen molar-refractivity contribution in [2.45, 2.75) is 13.8 Å². The third kappa shape index (κ3) is 4.33. The van der Waals surface area contributed by atoms with E-state index in [-0.39, 0.29) is 11.6 Å². The van der Waals surface area contributed by atoms with Crippen LogP contribution in [0, 0.1) is 13.8 Å². The molecule has 126 valence electrons. The van der Waals surface area contributed by atoms with Gasteiger partial charge in [0.1, 0.15) is 17.8 Å². The first-order valence-electron chi connectivity index (χ1n) is 7.74. The van der Waals surface area contributed by atoms with E-state index in [1.807, 2.05) is 26.0 Å². The molecular formula is C19H17ClN4O. The maximum Gasteiger partial charge on any atom is 0.274 e. The molecule has 1 heterocycles. The lowest BCUT2D eigenvalue weighted by atomic mass is 10.1. The number of carbonyl (C=O) groups excluding carboxylic acids is 1. The number of halogens is 1. The standard InChI is InChI=1S/C19H17ClN4O/c1-12-7-13(2)9-14(8-12)23-18-10-17(21-11-22-18)19(25)24-16-6-4-3-5-15(16)20/h3-11H,1-2H3,(H,24,25)(H,21,22,23). The molecule has 0 unspecified atom stereocenters. The zero-order valence-electron chi connectivity index (χ0n) is 13.9. The van der Waals surface area contributed by atoms with Gasteiger partial charge >= 0.3 is 0 Å². The van der Waals surface area contributed by atoms with Crippen molar-refractivity contribution in [1.82, 2.24) is 9.97 Å². The molecule has 3 rings (SSSR count). The molecule has 1 amide bonds. The van der Waals surface area contributed by atoms with Crippen molar-refractivity contribution < 1.29 is 4.79 Å². The van der Waals surface area contributed by atoms with Crippen LogP contribution in [0.5, 0.6) is 0 Å². The fraction of sp³-hybridized carbons (Fsp3) is 0.105. The first-order chi connectivity index (χ1) is 12.0. The highest BCUT2D eigenvalue weighted by Gasteiger charge is 2.11. The van der Waals surface area contributed by atoms with Crippen LogP contribution in [0.25, 0.3) is 0 Å². The second kappa shape index (κ2) is 7.32. The molecule has 3 aromatic rings. The van der Waals surface area contributed by atoms with Crippen LogP contribution in [0.2, 0.25) is 5.02 Å². The van der Waals surface area contributed by atoms with E-state index < -0.39 is 0 Å². The van der Waals surface area contributed by atoms with Crippen LogP contribution >= 0.6 is 11.6 Å². The molecule has 1 aromatic heterocycles. The molecule has 2 aromatic carbocycles. The maximum absolute atomic E-state index is 12.4. The maximum atomic E-state index is 12.4. The number of para-hydroxylation sites is 1. The predicted molar refractivity (Wildman–Crippen MR) is 101 cm³/mol. The SMILES string of the molecule is Cc1cc(C)cc(Nc2cc(C(=O)Nc3ccccc3Cl)ncn2)c1. The minimum absolute atomic E-state index is 0.252. The van der Waals surface area contributed by atoms with Crippen molar-refractivity contribution in [3.8, 4) is 0 Å². The van der Waals surface area contributed by atoms with Crippen molar-refractivity contribution in [2.24, 2.45) is 0 Å². The summed E-state index contributed by atoms with van der Waals surface area (Å²) in [7, 11) is 0. The molecule has 0 radical (unpaired) electrons. The monoisotopic (exact) mass is 352 g/mol. The van der Waals surface area contributed by atoms with Crippen LogP contribution in [0.4, 0.5) is 17.2 Å². The Morgan fingerprint density at radius 3 is 2.44 bits per heavy atom. The summed E-state index contributed by atoms with van der Waals surface area (Å²) in [5.41, 5.74) is 3.99. The Bertz CT molecular complexity index is 907. The molecule has 0 fully saturated rings. The number of benzene rings is 2. The predicted octanol–water partition coefficient (Wildman–Crippen LogP) is 4.74. The van der Waals surface area contributed by atoms with Crippen LogP contribution in [0.15, 0.2) is 54.9 Å². The Morgan fingerprint density at radius 1 is 1.00 bits per heavy atom. The van der Waals surface area contributed by atoms with Gasteiger partial charge in [0.15, 0.2) is 0 Å². The molecule has 0 atom stereocenters. The molecule has 25 heavy (non-hydrogen) atoms. The lowest BCUT2D eigenvalue weighted by Crippen LogP contribution is -2.14. The van der Waals surface area contributed by atoms with Gasteiger partial charge < -0.3 is 10.6 Å². The first kappa shape index (κ1) is 16.9. The summed E-state index contributed by atoms with van der Waals surface area (Å²) < 4.78 is 0. The Balaban J connectivity index is 1.79. The van der Waals surface area contributed by atoms with E-state index in [2.05, 4.69) is 26.7 Å². The number of nitrogens with zero attached hydrogens (tertiary/aromatic N) is 2. The van der Waals surface area contributed by atoms with Gasteiger partial charge in [0.25, 0.3) is 5.91 Å². The molecule has 0 aliphatic rings. The molecule has 2 N–H and O–H groups in total. The van der Waals surface area contributed by atoms with E-state index in [1.165, 1.54) is 6.33 Å². The van der Waals surface area contributed by atoms with E-state index in [0.717, 1.165) is 16.8 Å². The average molecular weight is 353 g/mol. The Kier molecular flexibility index (Phi) is 4.95. The lowest BCUT2D eigenvalue weighted by Gasteiger charge is -2.10. The molecule has 0 aliphatic carbocycles. The highest BCUT2D eigenvalue weighted by Crippen LogP contribution is 2.22. The van der Waals surface area contributed by atoms with Crippen LogP contribution in [-0.2, 0) is 0 Å². The molecule has 0 bridgehead atoms. The minimum atomic E-state index is -0.348. The summed E-state index contributed by atoms with van der Waals surface area (Å²) in [5.74, 6) is 0.197. The number of amides is 1. The summed E-state index contributed by atoms with van der Waals surface area (Å²) in [6, 6.07) is 14.8. The van der Waals surface area contributed by atoms with Gasteiger partial charge in [-0.15, -0.1) is 0 Å². The molecule has 0 saturated carbocycles.